The van der Waals surface area contributed by atoms with E-state index in [0.29, 0.717) is 16.5 Å². The van der Waals surface area contributed by atoms with Crippen LogP contribution in [0.2, 0.25) is 5.02 Å². The Balaban J connectivity index is 2.21. The molecule has 1 heterocycles. The van der Waals surface area contributed by atoms with Crippen molar-refractivity contribution in [3.05, 3.63) is 32.3 Å². The lowest BCUT2D eigenvalue weighted by Gasteiger charge is -1.93. The predicted molar refractivity (Wildman–Crippen MR) is 63.3 cm³/mol. The summed E-state index contributed by atoms with van der Waals surface area (Å²) in [5, 5.41) is 12.1. The van der Waals surface area contributed by atoms with Gasteiger partial charge in [0.1, 0.15) is 5.52 Å². The Morgan fingerprint density at radius 3 is 2.88 bits per heavy atom. The number of hydrogen-bond acceptors (Lipinski definition) is 4. The van der Waals surface area contributed by atoms with E-state index in [2.05, 4.69) is 4.98 Å². The molecule has 0 unspecified atom stereocenters. The molecule has 0 aliphatic heterocycles. The van der Waals surface area contributed by atoms with Crippen LogP contribution in [0.4, 0.5) is 5.69 Å². The van der Waals surface area contributed by atoms with Gasteiger partial charge < -0.3 is 0 Å². The number of benzene rings is 1. The molecule has 3 rings (SSSR count). The van der Waals surface area contributed by atoms with Crippen molar-refractivity contribution in [2.75, 3.05) is 0 Å². The van der Waals surface area contributed by atoms with Gasteiger partial charge >= 0.3 is 0 Å². The van der Waals surface area contributed by atoms with Gasteiger partial charge in [-0.15, -0.1) is 11.3 Å². The summed E-state index contributed by atoms with van der Waals surface area (Å²) in [7, 11) is 0. The third-order valence-electron chi connectivity index (χ3n) is 2.59. The number of rotatable bonds is 2. The highest BCUT2D eigenvalue weighted by Crippen LogP contribution is 2.44. The third-order valence-corrected chi connectivity index (χ3v) is 4.04. The average molecular weight is 255 g/mol. The predicted octanol–water partition coefficient (Wildman–Crippen LogP) is 3.74. The van der Waals surface area contributed by atoms with E-state index in [0.717, 1.165) is 9.71 Å². The molecular weight excluding hydrogens is 248 g/mol. The second-order valence-corrected chi connectivity index (χ2v) is 5.33. The zero-order chi connectivity index (χ0) is 11.3. The van der Waals surface area contributed by atoms with Gasteiger partial charge in [0.05, 0.1) is 19.7 Å². The maximum Gasteiger partial charge on any atom is 0.272 e. The molecule has 6 heteroatoms. The molecular formula is C10H7ClN2O2S. The van der Waals surface area contributed by atoms with Crippen molar-refractivity contribution in [1.29, 1.82) is 0 Å². The molecule has 1 aliphatic carbocycles. The van der Waals surface area contributed by atoms with Crippen LogP contribution >= 0.6 is 22.9 Å². The maximum atomic E-state index is 10.7. The standard InChI is InChI=1S/C10H7ClN2O2S/c11-7-3-6(13(14)15)4-8-9(7)12-10(16-8)5-1-2-5/h3-5H,1-2H2. The largest absolute Gasteiger partial charge is 0.272 e. The van der Waals surface area contributed by atoms with Crippen molar-refractivity contribution in [1.82, 2.24) is 4.98 Å². The first-order valence-electron chi connectivity index (χ1n) is 4.89. The molecule has 16 heavy (non-hydrogen) atoms. The number of nitrogens with zero attached hydrogens (tertiary/aromatic N) is 2. The number of nitro groups is 1. The number of hydrogen-bond donors (Lipinski definition) is 0. The molecule has 1 aromatic heterocycles. The van der Waals surface area contributed by atoms with Crippen LogP contribution in [-0.2, 0) is 0 Å². The van der Waals surface area contributed by atoms with E-state index < -0.39 is 4.92 Å². The zero-order valence-electron chi connectivity index (χ0n) is 8.14. The lowest BCUT2D eigenvalue weighted by Crippen LogP contribution is -1.87. The van der Waals surface area contributed by atoms with Crippen LogP contribution in [0.5, 0.6) is 0 Å². The average Bonchev–Trinajstić information content (AvgIpc) is 2.98. The van der Waals surface area contributed by atoms with Gasteiger partial charge in [0.15, 0.2) is 0 Å². The van der Waals surface area contributed by atoms with Crippen LogP contribution in [0.15, 0.2) is 12.1 Å². The van der Waals surface area contributed by atoms with Crippen LogP contribution in [0.25, 0.3) is 10.2 Å². The van der Waals surface area contributed by atoms with Gasteiger partial charge in [0, 0.05) is 18.1 Å². The Hall–Kier alpha value is -1.20. The van der Waals surface area contributed by atoms with E-state index in [4.69, 9.17) is 11.6 Å². The molecule has 1 saturated carbocycles. The molecule has 4 nitrogen and oxygen atoms in total. The van der Waals surface area contributed by atoms with E-state index in [1.54, 1.807) is 6.07 Å². The minimum atomic E-state index is -0.429. The van der Waals surface area contributed by atoms with Gasteiger partial charge in [-0.25, -0.2) is 4.98 Å². The molecule has 1 fully saturated rings. The van der Waals surface area contributed by atoms with Crippen molar-refractivity contribution in [3.8, 4) is 0 Å². The van der Waals surface area contributed by atoms with Gasteiger partial charge in [-0.3, -0.25) is 10.1 Å². The molecule has 0 spiro atoms. The second-order valence-electron chi connectivity index (χ2n) is 3.86. The quantitative estimate of drug-likeness (QED) is 0.606. The highest BCUT2D eigenvalue weighted by Gasteiger charge is 2.28. The van der Waals surface area contributed by atoms with Crippen molar-refractivity contribution in [2.45, 2.75) is 18.8 Å². The molecule has 0 amide bonds. The number of nitro benzene ring substituents is 1. The highest BCUT2D eigenvalue weighted by molar-refractivity contribution is 7.18. The first kappa shape index (κ1) is 9.99. The van der Waals surface area contributed by atoms with Crippen LogP contribution in [0, 0.1) is 10.1 Å². The Kier molecular flexibility index (Phi) is 2.12. The minimum absolute atomic E-state index is 0.0310. The molecule has 0 atom stereocenters. The van der Waals surface area contributed by atoms with Gasteiger partial charge in [-0.05, 0) is 12.8 Å². The Morgan fingerprint density at radius 1 is 1.50 bits per heavy atom. The van der Waals surface area contributed by atoms with Crippen LogP contribution in [0.1, 0.15) is 23.8 Å². The second kappa shape index (κ2) is 3.40. The lowest BCUT2D eigenvalue weighted by molar-refractivity contribution is -0.384. The maximum absolute atomic E-state index is 10.7. The topological polar surface area (TPSA) is 56.0 Å². The van der Waals surface area contributed by atoms with Gasteiger partial charge in [0.2, 0.25) is 0 Å². The van der Waals surface area contributed by atoms with E-state index in [1.807, 2.05) is 0 Å². The monoisotopic (exact) mass is 254 g/mol. The van der Waals surface area contributed by atoms with Crippen molar-refractivity contribution < 1.29 is 4.92 Å². The first-order chi connectivity index (χ1) is 7.65. The summed E-state index contributed by atoms with van der Waals surface area (Å²) in [6.07, 6.45) is 2.33. The normalized spacial score (nSPS) is 15.6. The molecule has 0 N–H and O–H groups in total. The number of non-ortho nitro benzene ring substituents is 1. The van der Waals surface area contributed by atoms with Crippen molar-refractivity contribution >= 4 is 38.8 Å². The molecule has 1 aromatic carbocycles. The lowest BCUT2D eigenvalue weighted by atomic mass is 10.3. The summed E-state index contributed by atoms with van der Waals surface area (Å²) in [6, 6.07) is 2.91. The van der Waals surface area contributed by atoms with Crippen LogP contribution in [-0.4, -0.2) is 9.91 Å². The van der Waals surface area contributed by atoms with Gasteiger partial charge in [-0.2, -0.15) is 0 Å². The highest BCUT2D eigenvalue weighted by atomic mass is 35.5. The fourth-order valence-electron chi connectivity index (χ4n) is 1.60. The summed E-state index contributed by atoms with van der Waals surface area (Å²) in [4.78, 5) is 14.7. The molecule has 82 valence electrons. The van der Waals surface area contributed by atoms with E-state index in [9.17, 15) is 10.1 Å². The number of halogens is 1. The Bertz CT molecular complexity index is 592. The number of thiazole rings is 1. The first-order valence-corrected chi connectivity index (χ1v) is 6.09. The summed E-state index contributed by atoms with van der Waals surface area (Å²) >= 11 is 7.50. The summed E-state index contributed by atoms with van der Waals surface area (Å²) < 4.78 is 0.807. The van der Waals surface area contributed by atoms with E-state index >= 15 is 0 Å². The molecule has 1 aliphatic rings. The zero-order valence-corrected chi connectivity index (χ0v) is 9.72. The van der Waals surface area contributed by atoms with Gasteiger partial charge in [-0.1, -0.05) is 11.6 Å². The number of aromatic nitrogens is 1. The summed E-state index contributed by atoms with van der Waals surface area (Å²) in [5.41, 5.74) is 0.725. The van der Waals surface area contributed by atoms with E-state index in [-0.39, 0.29) is 5.69 Å². The molecule has 0 saturated heterocycles. The van der Waals surface area contributed by atoms with Gasteiger partial charge in [0.25, 0.3) is 5.69 Å². The smallest absolute Gasteiger partial charge is 0.258 e. The van der Waals surface area contributed by atoms with Crippen molar-refractivity contribution in [3.63, 3.8) is 0 Å². The minimum Gasteiger partial charge on any atom is -0.258 e. The summed E-state index contributed by atoms with van der Waals surface area (Å²) in [6.45, 7) is 0. The molecule has 2 aromatic rings. The molecule has 0 bridgehead atoms. The molecule has 0 radical (unpaired) electrons. The third kappa shape index (κ3) is 1.56. The summed E-state index contributed by atoms with van der Waals surface area (Å²) in [5.74, 6) is 0.549. The van der Waals surface area contributed by atoms with Crippen LogP contribution in [0.3, 0.4) is 0 Å². The van der Waals surface area contributed by atoms with E-state index in [1.165, 1.54) is 30.2 Å². The fraction of sp³-hybridized carbons (Fsp3) is 0.300. The van der Waals surface area contributed by atoms with Crippen molar-refractivity contribution in [2.24, 2.45) is 0 Å². The Morgan fingerprint density at radius 2 is 2.25 bits per heavy atom. The SMILES string of the molecule is O=[N+]([O-])c1cc(Cl)c2nc(C3CC3)sc2c1. The Labute approximate surface area is 100 Å². The van der Waals surface area contributed by atoms with Crippen LogP contribution < -0.4 is 0 Å². The number of fused-ring (bicyclic) bond motifs is 1. The fourth-order valence-corrected chi connectivity index (χ4v) is 3.11.